The van der Waals surface area contributed by atoms with Gasteiger partial charge in [0.25, 0.3) is 5.91 Å². The number of hydrogen-bond acceptors (Lipinski definition) is 6. The third-order valence-electron chi connectivity index (χ3n) is 6.21. The number of imide groups is 1. The SMILES string of the molecule is CCCOc1ccc([C@@H]2[C@@H]3C(=O)N(c4ccccc4F)C(=O)[C@@H]3ON2c2ccccc2)cc1OC. The molecule has 2 amide bonds. The van der Waals surface area contributed by atoms with Gasteiger partial charge in [0, 0.05) is 0 Å². The molecule has 2 fully saturated rings. The van der Waals surface area contributed by atoms with Gasteiger partial charge in [-0.2, -0.15) is 0 Å². The fourth-order valence-electron chi connectivity index (χ4n) is 4.62. The van der Waals surface area contributed by atoms with Gasteiger partial charge < -0.3 is 9.47 Å². The highest BCUT2D eigenvalue weighted by Gasteiger charge is 2.60. The van der Waals surface area contributed by atoms with Crippen LogP contribution in [0.2, 0.25) is 0 Å². The number of rotatable bonds is 7. The second-order valence-corrected chi connectivity index (χ2v) is 8.38. The molecule has 2 aliphatic heterocycles. The van der Waals surface area contributed by atoms with Crippen molar-refractivity contribution in [1.29, 1.82) is 0 Å². The summed E-state index contributed by atoms with van der Waals surface area (Å²) in [6, 6.07) is 19.7. The molecule has 0 bridgehead atoms. The zero-order chi connectivity index (χ0) is 24.5. The zero-order valence-electron chi connectivity index (χ0n) is 19.4. The molecule has 0 N–H and O–H groups in total. The number of para-hydroxylation sites is 2. The average molecular weight is 477 g/mol. The van der Waals surface area contributed by atoms with Gasteiger partial charge in [-0.3, -0.25) is 14.4 Å². The Hall–Kier alpha value is -3.91. The zero-order valence-corrected chi connectivity index (χ0v) is 19.4. The van der Waals surface area contributed by atoms with E-state index >= 15 is 0 Å². The van der Waals surface area contributed by atoms with Crippen molar-refractivity contribution < 1.29 is 28.3 Å². The summed E-state index contributed by atoms with van der Waals surface area (Å²) in [5, 5.41) is 1.59. The van der Waals surface area contributed by atoms with Crippen LogP contribution in [0.5, 0.6) is 11.5 Å². The summed E-state index contributed by atoms with van der Waals surface area (Å²) in [7, 11) is 1.55. The van der Waals surface area contributed by atoms with Crippen molar-refractivity contribution in [1.82, 2.24) is 0 Å². The minimum atomic E-state index is -1.09. The highest BCUT2D eigenvalue weighted by atomic mass is 19.1. The Kier molecular flexibility index (Phi) is 6.13. The number of methoxy groups -OCH3 is 1. The number of halogens is 1. The number of hydrogen-bond donors (Lipinski definition) is 0. The molecule has 0 radical (unpaired) electrons. The summed E-state index contributed by atoms with van der Waals surface area (Å²) < 4.78 is 25.9. The van der Waals surface area contributed by atoms with Crippen molar-refractivity contribution >= 4 is 23.2 Å². The molecule has 7 nitrogen and oxygen atoms in total. The lowest BCUT2D eigenvalue weighted by molar-refractivity contribution is -0.126. The Morgan fingerprint density at radius 3 is 2.40 bits per heavy atom. The van der Waals surface area contributed by atoms with Gasteiger partial charge in [-0.25, -0.2) is 14.4 Å². The molecule has 180 valence electrons. The van der Waals surface area contributed by atoms with E-state index in [1.807, 2.05) is 43.3 Å². The number of hydroxylamine groups is 1. The van der Waals surface area contributed by atoms with Gasteiger partial charge in [0.1, 0.15) is 11.7 Å². The van der Waals surface area contributed by atoms with Crippen LogP contribution in [0.15, 0.2) is 72.8 Å². The number of carbonyl (C=O) groups excluding carboxylic acids is 2. The van der Waals surface area contributed by atoms with Crippen molar-refractivity contribution in [2.45, 2.75) is 25.5 Å². The van der Waals surface area contributed by atoms with E-state index in [1.165, 1.54) is 18.2 Å². The molecule has 3 aromatic carbocycles. The molecule has 35 heavy (non-hydrogen) atoms. The van der Waals surface area contributed by atoms with Gasteiger partial charge in [0.2, 0.25) is 5.91 Å². The standard InChI is InChI=1S/C27H25FN2O5/c1-3-15-34-21-14-13-17(16-22(21)33-2)24-23-25(35-30(24)18-9-5-4-6-10-18)27(32)29(26(23)31)20-12-8-7-11-19(20)28/h4-14,16,23-25H,3,15H2,1-2H3/t23-,24+,25+/m0/s1. The van der Waals surface area contributed by atoms with Crippen molar-refractivity contribution in [3.05, 3.63) is 84.2 Å². The molecule has 0 spiro atoms. The largest absolute Gasteiger partial charge is 0.493 e. The fourth-order valence-corrected chi connectivity index (χ4v) is 4.62. The number of amides is 2. The van der Waals surface area contributed by atoms with Crippen LogP contribution >= 0.6 is 0 Å². The monoisotopic (exact) mass is 476 g/mol. The second kappa shape index (κ2) is 9.38. The summed E-state index contributed by atoms with van der Waals surface area (Å²) in [6.45, 7) is 2.55. The maximum atomic E-state index is 14.5. The summed E-state index contributed by atoms with van der Waals surface area (Å²) in [4.78, 5) is 34.0. The van der Waals surface area contributed by atoms with Crippen molar-refractivity contribution in [3.63, 3.8) is 0 Å². The van der Waals surface area contributed by atoms with Gasteiger partial charge in [-0.15, -0.1) is 0 Å². The van der Waals surface area contributed by atoms with Gasteiger partial charge in [0.05, 0.1) is 31.1 Å². The quantitative estimate of drug-likeness (QED) is 0.462. The van der Waals surface area contributed by atoms with E-state index in [9.17, 15) is 14.0 Å². The molecule has 2 saturated heterocycles. The lowest BCUT2D eigenvalue weighted by Crippen LogP contribution is -2.37. The maximum absolute atomic E-state index is 14.5. The fraction of sp³-hybridized carbons (Fsp3) is 0.259. The third-order valence-corrected chi connectivity index (χ3v) is 6.21. The molecular weight excluding hydrogens is 451 g/mol. The molecule has 5 rings (SSSR count). The Labute approximate surface area is 202 Å². The first-order valence-electron chi connectivity index (χ1n) is 11.5. The van der Waals surface area contributed by atoms with Crippen LogP contribution in [-0.2, 0) is 14.4 Å². The molecule has 8 heteroatoms. The van der Waals surface area contributed by atoms with E-state index in [0.717, 1.165) is 11.3 Å². The Bertz CT molecular complexity index is 1250. The van der Waals surface area contributed by atoms with Crippen LogP contribution in [0.3, 0.4) is 0 Å². The van der Waals surface area contributed by atoms with Crippen LogP contribution in [0.25, 0.3) is 0 Å². The minimum absolute atomic E-state index is 0.0774. The molecule has 0 aromatic heterocycles. The number of carbonyl (C=O) groups is 2. The van der Waals surface area contributed by atoms with Gasteiger partial charge in [-0.1, -0.05) is 43.3 Å². The average Bonchev–Trinajstić information content (AvgIpc) is 3.39. The first kappa shape index (κ1) is 22.9. The van der Waals surface area contributed by atoms with Gasteiger partial charge in [-0.05, 0) is 48.4 Å². The van der Waals surface area contributed by atoms with Crippen LogP contribution in [0.1, 0.15) is 24.9 Å². The normalized spacial score (nSPS) is 21.4. The Morgan fingerprint density at radius 1 is 0.943 bits per heavy atom. The second-order valence-electron chi connectivity index (χ2n) is 8.38. The van der Waals surface area contributed by atoms with Crippen LogP contribution in [-0.4, -0.2) is 31.6 Å². The molecule has 2 heterocycles. The topological polar surface area (TPSA) is 68.3 Å². The highest BCUT2D eigenvalue weighted by Crippen LogP contribution is 2.48. The third kappa shape index (κ3) is 3.89. The van der Waals surface area contributed by atoms with E-state index in [2.05, 4.69) is 0 Å². The summed E-state index contributed by atoms with van der Waals surface area (Å²) in [5.41, 5.74) is 1.32. The molecule has 0 saturated carbocycles. The number of fused-ring (bicyclic) bond motifs is 1. The molecule has 3 atom stereocenters. The Morgan fingerprint density at radius 2 is 1.69 bits per heavy atom. The van der Waals surface area contributed by atoms with E-state index in [0.29, 0.717) is 29.4 Å². The first-order chi connectivity index (χ1) is 17.0. The Balaban J connectivity index is 1.58. The molecule has 2 aliphatic rings. The van der Waals surface area contributed by atoms with Gasteiger partial charge in [0.15, 0.2) is 17.6 Å². The predicted molar refractivity (Wildman–Crippen MR) is 128 cm³/mol. The van der Waals surface area contributed by atoms with Crippen molar-refractivity contribution in [2.75, 3.05) is 23.7 Å². The molecular formula is C27H25FN2O5. The lowest BCUT2D eigenvalue weighted by Gasteiger charge is -2.29. The summed E-state index contributed by atoms with van der Waals surface area (Å²) >= 11 is 0. The van der Waals surface area contributed by atoms with Crippen LogP contribution in [0.4, 0.5) is 15.8 Å². The van der Waals surface area contributed by atoms with E-state index < -0.39 is 35.7 Å². The minimum Gasteiger partial charge on any atom is -0.493 e. The number of ether oxygens (including phenoxy) is 2. The van der Waals surface area contributed by atoms with Gasteiger partial charge >= 0.3 is 0 Å². The first-order valence-corrected chi connectivity index (χ1v) is 11.5. The molecule has 3 aromatic rings. The number of anilines is 2. The van der Waals surface area contributed by atoms with Crippen molar-refractivity contribution in [3.8, 4) is 11.5 Å². The van der Waals surface area contributed by atoms with E-state index in [4.69, 9.17) is 14.3 Å². The van der Waals surface area contributed by atoms with Crippen LogP contribution < -0.4 is 19.4 Å². The van der Waals surface area contributed by atoms with Crippen LogP contribution in [0, 0.1) is 11.7 Å². The predicted octanol–water partition coefficient (Wildman–Crippen LogP) is 4.67. The number of benzene rings is 3. The molecule has 0 unspecified atom stereocenters. The summed E-state index contributed by atoms with van der Waals surface area (Å²) in [5.74, 6) is -1.54. The maximum Gasteiger partial charge on any atom is 0.266 e. The lowest BCUT2D eigenvalue weighted by atomic mass is 9.90. The summed E-state index contributed by atoms with van der Waals surface area (Å²) in [6.07, 6.45) is -0.246. The smallest absolute Gasteiger partial charge is 0.266 e. The molecule has 0 aliphatic carbocycles. The van der Waals surface area contributed by atoms with Crippen molar-refractivity contribution in [2.24, 2.45) is 5.92 Å². The van der Waals surface area contributed by atoms with E-state index in [-0.39, 0.29) is 5.69 Å². The number of nitrogens with zero attached hydrogens (tertiary/aromatic N) is 2. The highest BCUT2D eigenvalue weighted by molar-refractivity contribution is 6.24. The van der Waals surface area contributed by atoms with E-state index in [1.54, 1.807) is 30.4 Å².